The Kier molecular flexibility index (Phi) is 4.50. The molecule has 1 heterocycles. The van der Waals surface area contributed by atoms with Crippen molar-refractivity contribution in [1.29, 1.82) is 0 Å². The molecular weight excluding hydrogens is 224 g/mol. The summed E-state index contributed by atoms with van der Waals surface area (Å²) < 4.78 is 0. The summed E-state index contributed by atoms with van der Waals surface area (Å²) in [6, 6.07) is 6.77. The van der Waals surface area contributed by atoms with Gasteiger partial charge < -0.3 is 10.6 Å². The number of nitrogens with one attached hydrogen (secondary N) is 2. The Balaban J connectivity index is 1.96. The van der Waals surface area contributed by atoms with Crippen molar-refractivity contribution in [1.82, 2.24) is 10.6 Å². The van der Waals surface area contributed by atoms with Gasteiger partial charge in [0, 0.05) is 18.2 Å². The largest absolute Gasteiger partial charge is 0.317 e. The lowest BCUT2D eigenvalue weighted by Crippen LogP contribution is -2.39. The fourth-order valence-corrected chi connectivity index (χ4v) is 2.45. The van der Waals surface area contributed by atoms with Gasteiger partial charge in [-0.2, -0.15) is 0 Å². The molecule has 0 aliphatic carbocycles. The van der Waals surface area contributed by atoms with Gasteiger partial charge in [-0.25, -0.2) is 0 Å². The van der Waals surface area contributed by atoms with Crippen LogP contribution in [0, 0.1) is 6.92 Å². The molecule has 1 aromatic rings. The van der Waals surface area contributed by atoms with Gasteiger partial charge in [0.1, 0.15) is 0 Å². The maximum atomic E-state index is 11.5. The molecule has 0 amide bonds. The summed E-state index contributed by atoms with van der Waals surface area (Å²) in [6.45, 7) is 6.67. The van der Waals surface area contributed by atoms with E-state index in [1.54, 1.807) is 6.92 Å². The van der Waals surface area contributed by atoms with E-state index in [1.165, 1.54) is 18.4 Å². The predicted molar refractivity (Wildman–Crippen MR) is 73.9 cm³/mol. The molecule has 0 aromatic heterocycles. The normalized spacial score (nSPS) is 16.8. The Morgan fingerprint density at radius 3 is 2.78 bits per heavy atom. The molecule has 1 fully saturated rings. The minimum absolute atomic E-state index is 0.149. The van der Waals surface area contributed by atoms with Crippen LogP contribution in [0.3, 0.4) is 0 Å². The van der Waals surface area contributed by atoms with Crippen LogP contribution >= 0.6 is 0 Å². The fourth-order valence-electron chi connectivity index (χ4n) is 2.45. The van der Waals surface area contributed by atoms with E-state index in [1.807, 2.05) is 19.1 Å². The summed E-state index contributed by atoms with van der Waals surface area (Å²) in [6.07, 6.45) is 2.37. The molecule has 2 rings (SSSR count). The van der Waals surface area contributed by atoms with Gasteiger partial charge in [-0.05, 0) is 57.0 Å². The summed E-state index contributed by atoms with van der Waals surface area (Å²) in [5, 5.41) is 6.93. The monoisotopic (exact) mass is 246 g/mol. The second-order valence-corrected chi connectivity index (χ2v) is 5.11. The average molecular weight is 246 g/mol. The highest BCUT2D eigenvalue weighted by molar-refractivity contribution is 5.95. The summed E-state index contributed by atoms with van der Waals surface area (Å²) in [5.41, 5.74) is 3.11. The van der Waals surface area contributed by atoms with Gasteiger partial charge in [0.25, 0.3) is 0 Å². The Bertz CT molecular complexity index is 423. The van der Waals surface area contributed by atoms with Crippen LogP contribution in [0.25, 0.3) is 0 Å². The average Bonchev–Trinajstić information content (AvgIpc) is 2.38. The first kappa shape index (κ1) is 13.2. The summed E-state index contributed by atoms with van der Waals surface area (Å²) in [7, 11) is 0. The fraction of sp³-hybridized carbons (Fsp3) is 0.533. The molecule has 2 N–H and O–H groups in total. The van der Waals surface area contributed by atoms with Gasteiger partial charge in [0.05, 0.1) is 0 Å². The summed E-state index contributed by atoms with van der Waals surface area (Å²) in [4.78, 5) is 11.5. The van der Waals surface area contributed by atoms with Crippen LogP contribution < -0.4 is 10.6 Å². The highest BCUT2D eigenvalue weighted by atomic mass is 16.1. The number of Topliss-reactive ketones (excluding diaryl/α,β-unsaturated/α-hetero) is 1. The van der Waals surface area contributed by atoms with Gasteiger partial charge in [-0.15, -0.1) is 0 Å². The molecule has 0 atom stereocenters. The van der Waals surface area contributed by atoms with Crippen LogP contribution in [0.1, 0.15) is 41.3 Å². The summed E-state index contributed by atoms with van der Waals surface area (Å²) >= 11 is 0. The molecule has 1 saturated heterocycles. The topological polar surface area (TPSA) is 41.1 Å². The molecule has 0 bridgehead atoms. The highest BCUT2D eigenvalue weighted by Crippen LogP contribution is 2.12. The third-order valence-electron chi connectivity index (χ3n) is 3.62. The first-order chi connectivity index (χ1) is 8.66. The quantitative estimate of drug-likeness (QED) is 0.799. The first-order valence-electron chi connectivity index (χ1n) is 6.71. The van der Waals surface area contributed by atoms with E-state index in [0.717, 1.165) is 30.8 Å². The lowest BCUT2D eigenvalue weighted by atomic mass is 10.0. The summed E-state index contributed by atoms with van der Waals surface area (Å²) in [5.74, 6) is 0.149. The van der Waals surface area contributed by atoms with Crippen LogP contribution in [-0.4, -0.2) is 24.9 Å². The molecule has 3 heteroatoms. The maximum absolute atomic E-state index is 11.5. The van der Waals surface area contributed by atoms with E-state index < -0.39 is 0 Å². The number of piperidine rings is 1. The van der Waals surface area contributed by atoms with Crippen LogP contribution in [0.15, 0.2) is 18.2 Å². The molecule has 1 aliphatic rings. The minimum atomic E-state index is 0.149. The molecular formula is C15H22N2O. The van der Waals surface area contributed by atoms with Gasteiger partial charge in [-0.1, -0.05) is 12.1 Å². The Hall–Kier alpha value is -1.19. The van der Waals surface area contributed by atoms with Crippen LogP contribution in [0.2, 0.25) is 0 Å². The van der Waals surface area contributed by atoms with E-state index >= 15 is 0 Å². The number of carbonyl (C=O) groups is 1. The van der Waals surface area contributed by atoms with Crippen molar-refractivity contribution in [3.05, 3.63) is 34.9 Å². The van der Waals surface area contributed by atoms with Gasteiger partial charge in [-0.3, -0.25) is 4.79 Å². The van der Waals surface area contributed by atoms with E-state index in [4.69, 9.17) is 0 Å². The highest BCUT2D eigenvalue weighted by Gasteiger charge is 2.12. The number of hydrogen-bond acceptors (Lipinski definition) is 3. The van der Waals surface area contributed by atoms with Crippen molar-refractivity contribution < 1.29 is 4.79 Å². The molecule has 98 valence electrons. The minimum Gasteiger partial charge on any atom is -0.317 e. The lowest BCUT2D eigenvalue weighted by Gasteiger charge is -2.24. The maximum Gasteiger partial charge on any atom is 0.160 e. The van der Waals surface area contributed by atoms with Crippen molar-refractivity contribution in [2.75, 3.05) is 13.1 Å². The third kappa shape index (κ3) is 3.40. The SMILES string of the molecule is CC(=O)c1cc(CNC2CCNCC2)ccc1C. The molecule has 0 radical (unpaired) electrons. The van der Waals surface area contributed by atoms with Gasteiger partial charge >= 0.3 is 0 Å². The molecule has 1 aromatic carbocycles. The standard InChI is InChI=1S/C15H22N2O/c1-11-3-4-13(9-15(11)12(2)18)10-17-14-5-7-16-8-6-14/h3-4,9,14,16-17H,5-8,10H2,1-2H3. The van der Waals surface area contributed by atoms with Crippen molar-refractivity contribution in [2.24, 2.45) is 0 Å². The van der Waals surface area contributed by atoms with Gasteiger partial charge in [0.15, 0.2) is 5.78 Å². The Labute approximate surface area is 109 Å². The number of aryl methyl sites for hydroxylation is 1. The Morgan fingerprint density at radius 1 is 1.39 bits per heavy atom. The van der Waals surface area contributed by atoms with Gasteiger partial charge in [0.2, 0.25) is 0 Å². The van der Waals surface area contributed by atoms with E-state index in [9.17, 15) is 4.79 Å². The van der Waals surface area contributed by atoms with Crippen molar-refractivity contribution in [2.45, 2.75) is 39.3 Å². The second kappa shape index (κ2) is 6.12. The van der Waals surface area contributed by atoms with E-state index in [0.29, 0.717) is 6.04 Å². The van der Waals surface area contributed by atoms with E-state index in [2.05, 4.69) is 16.7 Å². The van der Waals surface area contributed by atoms with Crippen molar-refractivity contribution >= 4 is 5.78 Å². The number of rotatable bonds is 4. The number of hydrogen-bond donors (Lipinski definition) is 2. The van der Waals surface area contributed by atoms with Crippen LogP contribution in [0.5, 0.6) is 0 Å². The molecule has 0 unspecified atom stereocenters. The van der Waals surface area contributed by atoms with Crippen LogP contribution in [0.4, 0.5) is 0 Å². The second-order valence-electron chi connectivity index (χ2n) is 5.11. The zero-order valence-corrected chi connectivity index (χ0v) is 11.3. The molecule has 3 nitrogen and oxygen atoms in total. The lowest BCUT2D eigenvalue weighted by molar-refractivity contribution is 0.101. The number of carbonyl (C=O) groups excluding carboxylic acids is 1. The molecule has 0 saturated carbocycles. The number of ketones is 1. The first-order valence-corrected chi connectivity index (χ1v) is 6.71. The smallest absolute Gasteiger partial charge is 0.160 e. The van der Waals surface area contributed by atoms with Crippen molar-refractivity contribution in [3.63, 3.8) is 0 Å². The zero-order valence-electron chi connectivity index (χ0n) is 11.3. The molecule has 18 heavy (non-hydrogen) atoms. The molecule has 0 spiro atoms. The van der Waals surface area contributed by atoms with Crippen LogP contribution in [-0.2, 0) is 6.54 Å². The Morgan fingerprint density at radius 2 is 2.11 bits per heavy atom. The number of benzene rings is 1. The third-order valence-corrected chi connectivity index (χ3v) is 3.62. The van der Waals surface area contributed by atoms with E-state index in [-0.39, 0.29) is 5.78 Å². The zero-order chi connectivity index (χ0) is 13.0. The van der Waals surface area contributed by atoms with Crippen molar-refractivity contribution in [3.8, 4) is 0 Å². The predicted octanol–water partition coefficient (Wildman–Crippen LogP) is 2.04. The molecule has 1 aliphatic heterocycles.